The standard InChI is InChI=1S/C22H31NO5/c1-15(24)19(14-16-8-6-5-7-9-16)23(21(27)28-22(2,3)4)18-12-10-17(11-13-18)20(25)26/h5-9,17-19H,10-14H2,1-4H3,(H,25,26)/t17?,18?,19-/m0/s1. The maximum atomic E-state index is 13.0. The number of carbonyl (C=O) groups is 3. The smallest absolute Gasteiger partial charge is 0.411 e. The fraction of sp³-hybridized carbons (Fsp3) is 0.591. The van der Waals surface area contributed by atoms with Crippen molar-refractivity contribution in [2.24, 2.45) is 5.92 Å². The summed E-state index contributed by atoms with van der Waals surface area (Å²) in [5, 5.41) is 9.26. The highest BCUT2D eigenvalue weighted by Gasteiger charge is 2.39. The molecule has 0 saturated heterocycles. The molecular weight excluding hydrogens is 358 g/mol. The Hall–Kier alpha value is -2.37. The first-order valence-corrected chi connectivity index (χ1v) is 9.87. The Morgan fingerprint density at radius 3 is 2.14 bits per heavy atom. The fourth-order valence-electron chi connectivity index (χ4n) is 3.72. The normalized spacial score (nSPS) is 20.9. The maximum Gasteiger partial charge on any atom is 0.411 e. The van der Waals surface area contributed by atoms with E-state index in [-0.39, 0.29) is 17.7 Å². The minimum Gasteiger partial charge on any atom is -0.481 e. The van der Waals surface area contributed by atoms with Crippen LogP contribution in [-0.4, -0.2) is 45.5 Å². The monoisotopic (exact) mass is 389 g/mol. The molecule has 0 heterocycles. The van der Waals surface area contributed by atoms with Crippen molar-refractivity contribution in [1.29, 1.82) is 0 Å². The van der Waals surface area contributed by atoms with Gasteiger partial charge in [0.25, 0.3) is 0 Å². The minimum absolute atomic E-state index is 0.102. The zero-order chi connectivity index (χ0) is 20.9. The van der Waals surface area contributed by atoms with Crippen LogP contribution in [0.3, 0.4) is 0 Å². The number of carboxylic acids is 1. The SMILES string of the molecule is CC(=O)[C@H](Cc1ccccc1)N(C(=O)OC(C)(C)C)C1CCC(C(=O)O)CC1. The molecule has 1 N–H and O–H groups in total. The first-order valence-electron chi connectivity index (χ1n) is 9.87. The minimum atomic E-state index is -0.797. The number of hydrogen-bond donors (Lipinski definition) is 1. The average molecular weight is 389 g/mol. The van der Waals surface area contributed by atoms with Gasteiger partial charge in [-0.1, -0.05) is 30.3 Å². The van der Waals surface area contributed by atoms with Crippen LogP contribution in [-0.2, 0) is 20.7 Å². The van der Waals surface area contributed by atoms with Crippen LogP contribution in [0, 0.1) is 5.92 Å². The Morgan fingerprint density at radius 1 is 1.11 bits per heavy atom. The lowest BCUT2D eigenvalue weighted by atomic mass is 9.84. The molecule has 0 bridgehead atoms. The van der Waals surface area contributed by atoms with Crippen LogP contribution in [0.1, 0.15) is 58.9 Å². The van der Waals surface area contributed by atoms with Crippen LogP contribution in [0.4, 0.5) is 4.79 Å². The van der Waals surface area contributed by atoms with Gasteiger partial charge < -0.3 is 9.84 Å². The van der Waals surface area contributed by atoms with Crippen molar-refractivity contribution >= 4 is 17.8 Å². The van der Waals surface area contributed by atoms with Gasteiger partial charge in [0.2, 0.25) is 0 Å². The van der Waals surface area contributed by atoms with E-state index in [1.165, 1.54) is 6.92 Å². The number of carboxylic acid groups (broad SMARTS) is 1. The van der Waals surface area contributed by atoms with Gasteiger partial charge in [0, 0.05) is 12.5 Å². The second kappa shape index (κ2) is 9.22. The van der Waals surface area contributed by atoms with E-state index in [1.807, 2.05) is 30.3 Å². The van der Waals surface area contributed by atoms with Gasteiger partial charge in [-0.3, -0.25) is 14.5 Å². The highest BCUT2D eigenvalue weighted by Crippen LogP contribution is 2.31. The molecular formula is C22H31NO5. The van der Waals surface area contributed by atoms with E-state index in [4.69, 9.17) is 4.74 Å². The highest BCUT2D eigenvalue weighted by atomic mass is 16.6. The lowest BCUT2D eigenvalue weighted by Crippen LogP contribution is -2.53. The summed E-state index contributed by atoms with van der Waals surface area (Å²) in [6, 6.07) is 8.75. The number of rotatable bonds is 6. The topological polar surface area (TPSA) is 83.9 Å². The molecule has 0 aliphatic heterocycles. The number of aliphatic carboxylic acids is 1. The molecule has 6 heteroatoms. The Kier molecular flexibility index (Phi) is 7.22. The maximum absolute atomic E-state index is 13.0. The Bertz CT molecular complexity index is 687. The van der Waals surface area contributed by atoms with Gasteiger partial charge in [0.05, 0.1) is 12.0 Å². The summed E-state index contributed by atoms with van der Waals surface area (Å²) in [5.41, 5.74) is 0.289. The lowest BCUT2D eigenvalue weighted by molar-refractivity contribution is -0.143. The molecule has 0 spiro atoms. The Labute approximate surface area is 166 Å². The summed E-state index contributed by atoms with van der Waals surface area (Å²) >= 11 is 0. The van der Waals surface area contributed by atoms with Gasteiger partial charge in [0.15, 0.2) is 5.78 Å². The molecule has 0 unspecified atom stereocenters. The van der Waals surface area contributed by atoms with Crippen molar-refractivity contribution < 1.29 is 24.2 Å². The zero-order valence-electron chi connectivity index (χ0n) is 17.2. The summed E-state index contributed by atoms with van der Waals surface area (Å²) in [6.45, 7) is 6.88. The van der Waals surface area contributed by atoms with Crippen LogP contribution in [0.5, 0.6) is 0 Å². The third-order valence-electron chi connectivity index (χ3n) is 5.12. The first kappa shape index (κ1) is 21.9. The molecule has 1 aliphatic rings. The van der Waals surface area contributed by atoms with Crippen LogP contribution < -0.4 is 0 Å². The average Bonchev–Trinajstić information content (AvgIpc) is 2.61. The van der Waals surface area contributed by atoms with E-state index in [0.717, 1.165) is 5.56 Å². The molecule has 1 aromatic carbocycles. The number of nitrogens with zero attached hydrogens (tertiary/aromatic N) is 1. The zero-order valence-corrected chi connectivity index (χ0v) is 17.2. The summed E-state index contributed by atoms with van der Waals surface area (Å²) in [4.78, 5) is 38.4. The quantitative estimate of drug-likeness (QED) is 0.793. The van der Waals surface area contributed by atoms with E-state index in [1.54, 1.807) is 25.7 Å². The fourth-order valence-corrected chi connectivity index (χ4v) is 3.72. The molecule has 1 fully saturated rings. The van der Waals surface area contributed by atoms with Crippen LogP contribution in [0.15, 0.2) is 30.3 Å². The Balaban J connectivity index is 2.28. The number of ether oxygens (including phenoxy) is 1. The molecule has 1 aliphatic carbocycles. The van der Waals surface area contributed by atoms with Gasteiger partial charge in [0.1, 0.15) is 5.60 Å². The predicted octanol–water partition coefficient (Wildman–Crippen LogP) is 4.07. The van der Waals surface area contributed by atoms with Crippen LogP contribution in [0.2, 0.25) is 0 Å². The molecule has 0 radical (unpaired) electrons. The van der Waals surface area contributed by atoms with Gasteiger partial charge in [-0.2, -0.15) is 0 Å². The van der Waals surface area contributed by atoms with Crippen LogP contribution >= 0.6 is 0 Å². The van der Waals surface area contributed by atoms with Crippen molar-refractivity contribution in [3.05, 3.63) is 35.9 Å². The number of ketones is 1. The number of benzene rings is 1. The first-order chi connectivity index (χ1) is 13.1. The molecule has 1 amide bonds. The van der Waals surface area contributed by atoms with E-state index >= 15 is 0 Å². The molecule has 1 atom stereocenters. The van der Waals surface area contributed by atoms with E-state index < -0.39 is 23.7 Å². The van der Waals surface area contributed by atoms with Crippen LogP contribution in [0.25, 0.3) is 0 Å². The summed E-state index contributed by atoms with van der Waals surface area (Å²) < 4.78 is 5.61. The van der Waals surface area contributed by atoms with E-state index in [0.29, 0.717) is 32.1 Å². The highest BCUT2D eigenvalue weighted by molar-refractivity contribution is 5.86. The molecule has 154 valence electrons. The van der Waals surface area contributed by atoms with Crippen molar-refractivity contribution in [3.8, 4) is 0 Å². The van der Waals surface area contributed by atoms with Gasteiger partial charge in [-0.05, 0) is 58.9 Å². The number of carbonyl (C=O) groups excluding carboxylic acids is 2. The number of amides is 1. The molecule has 0 aromatic heterocycles. The second-order valence-electron chi connectivity index (χ2n) is 8.55. The van der Waals surface area contributed by atoms with Crippen molar-refractivity contribution in [3.63, 3.8) is 0 Å². The summed E-state index contributed by atoms with van der Waals surface area (Å²) in [7, 11) is 0. The summed E-state index contributed by atoms with van der Waals surface area (Å²) in [6.07, 6.45) is 1.99. The van der Waals surface area contributed by atoms with Gasteiger partial charge in [-0.15, -0.1) is 0 Å². The summed E-state index contributed by atoms with van der Waals surface area (Å²) in [5.74, 6) is -1.29. The van der Waals surface area contributed by atoms with Gasteiger partial charge in [-0.25, -0.2) is 4.79 Å². The van der Waals surface area contributed by atoms with Gasteiger partial charge >= 0.3 is 12.1 Å². The van der Waals surface area contributed by atoms with Crippen molar-refractivity contribution in [1.82, 2.24) is 4.90 Å². The third-order valence-corrected chi connectivity index (χ3v) is 5.12. The molecule has 2 rings (SSSR count). The van der Waals surface area contributed by atoms with Crippen molar-refractivity contribution in [2.75, 3.05) is 0 Å². The molecule has 1 saturated carbocycles. The molecule has 6 nitrogen and oxygen atoms in total. The molecule has 1 aromatic rings. The van der Waals surface area contributed by atoms with E-state index in [9.17, 15) is 19.5 Å². The lowest BCUT2D eigenvalue weighted by Gasteiger charge is -2.40. The number of Topliss-reactive ketones (excluding diaryl/α,β-unsaturated/α-hetero) is 1. The third kappa shape index (κ3) is 6.08. The largest absolute Gasteiger partial charge is 0.481 e. The second-order valence-corrected chi connectivity index (χ2v) is 8.55. The van der Waals surface area contributed by atoms with Crippen molar-refractivity contribution in [2.45, 2.75) is 77.5 Å². The van der Waals surface area contributed by atoms with E-state index in [2.05, 4.69) is 0 Å². The Morgan fingerprint density at radius 2 is 1.68 bits per heavy atom. The predicted molar refractivity (Wildman–Crippen MR) is 106 cm³/mol. The molecule has 28 heavy (non-hydrogen) atoms. The number of hydrogen-bond acceptors (Lipinski definition) is 4.